The van der Waals surface area contributed by atoms with E-state index in [0.717, 1.165) is 25.0 Å². The molecule has 2 nitrogen and oxygen atoms in total. The third-order valence-electron chi connectivity index (χ3n) is 3.06. The van der Waals surface area contributed by atoms with Gasteiger partial charge in [-0.25, -0.2) is 0 Å². The fraction of sp³-hybridized carbons (Fsp3) is 0.583. The molecule has 0 saturated carbocycles. The molecule has 0 radical (unpaired) electrons. The van der Waals surface area contributed by atoms with Crippen molar-refractivity contribution in [2.75, 3.05) is 0 Å². The quantitative estimate of drug-likeness (QED) is 0.678. The van der Waals surface area contributed by atoms with Gasteiger partial charge in [-0.2, -0.15) is 0 Å². The van der Waals surface area contributed by atoms with Crippen LogP contribution >= 0.6 is 0 Å². The van der Waals surface area contributed by atoms with E-state index in [1.165, 1.54) is 30.4 Å². The van der Waals surface area contributed by atoms with E-state index in [2.05, 4.69) is 11.9 Å². The van der Waals surface area contributed by atoms with Crippen LogP contribution in [-0.2, 0) is 19.3 Å². The van der Waals surface area contributed by atoms with E-state index in [4.69, 9.17) is 0 Å². The second-order valence-corrected chi connectivity index (χ2v) is 4.03. The zero-order valence-corrected chi connectivity index (χ0v) is 8.73. The molecule has 0 bridgehead atoms. The van der Waals surface area contributed by atoms with E-state index < -0.39 is 0 Å². The predicted octanol–water partition coefficient (Wildman–Crippen LogP) is 2.21. The van der Waals surface area contributed by atoms with Crippen LogP contribution in [-0.4, -0.2) is 4.98 Å². The molecule has 0 spiro atoms. The molecular formula is C12H17NO. The smallest absolute Gasteiger partial charge is 0.248 e. The first-order chi connectivity index (χ1) is 6.81. The molecule has 1 N–H and O–H groups in total. The van der Waals surface area contributed by atoms with Crippen LogP contribution < -0.4 is 5.56 Å². The standard InChI is InChI=1S/C12H17NO/c1-2-11-10-7-5-3-4-6-9(10)8-12(14)13-11/h8H,2-7H2,1H3,(H,13,14). The molecule has 0 atom stereocenters. The Morgan fingerprint density at radius 3 is 2.86 bits per heavy atom. The molecule has 2 heteroatoms. The van der Waals surface area contributed by atoms with Gasteiger partial charge >= 0.3 is 0 Å². The van der Waals surface area contributed by atoms with Gasteiger partial charge in [-0.1, -0.05) is 13.3 Å². The van der Waals surface area contributed by atoms with Gasteiger partial charge in [0.1, 0.15) is 0 Å². The number of rotatable bonds is 1. The van der Waals surface area contributed by atoms with Gasteiger partial charge in [0.05, 0.1) is 0 Å². The van der Waals surface area contributed by atoms with Crippen molar-refractivity contribution in [3.8, 4) is 0 Å². The number of fused-ring (bicyclic) bond motifs is 1. The lowest BCUT2D eigenvalue weighted by Crippen LogP contribution is -2.13. The molecule has 0 fully saturated rings. The van der Waals surface area contributed by atoms with Gasteiger partial charge in [0.25, 0.3) is 0 Å². The Morgan fingerprint density at radius 2 is 2.07 bits per heavy atom. The molecule has 1 aromatic rings. The van der Waals surface area contributed by atoms with Gasteiger partial charge < -0.3 is 4.98 Å². The zero-order chi connectivity index (χ0) is 9.97. The van der Waals surface area contributed by atoms with Crippen LogP contribution in [0.3, 0.4) is 0 Å². The van der Waals surface area contributed by atoms with Gasteiger partial charge in [0.15, 0.2) is 0 Å². The van der Waals surface area contributed by atoms with Crippen LogP contribution in [0.1, 0.15) is 43.0 Å². The van der Waals surface area contributed by atoms with Crippen molar-refractivity contribution in [3.05, 3.63) is 33.2 Å². The van der Waals surface area contributed by atoms with Crippen LogP contribution in [0.2, 0.25) is 0 Å². The molecule has 1 heterocycles. The number of pyridine rings is 1. The highest BCUT2D eigenvalue weighted by Crippen LogP contribution is 2.21. The summed E-state index contributed by atoms with van der Waals surface area (Å²) in [4.78, 5) is 14.3. The van der Waals surface area contributed by atoms with Crippen LogP contribution in [0.5, 0.6) is 0 Å². The van der Waals surface area contributed by atoms with Gasteiger partial charge in [-0.05, 0) is 43.2 Å². The SMILES string of the molecule is CCc1[nH]c(=O)cc2c1CCCCC2. The lowest BCUT2D eigenvalue weighted by molar-refractivity contribution is 0.710. The Balaban J connectivity index is 2.52. The van der Waals surface area contributed by atoms with E-state index in [1.807, 2.05) is 0 Å². The fourth-order valence-corrected chi connectivity index (χ4v) is 2.33. The lowest BCUT2D eigenvalue weighted by atomic mass is 10.0. The Kier molecular flexibility index (Phi) is 2.71. The number of hydrogen-bond acceptors (Lipinski definition) is 1. The monoisotopic (exact) mass is 191 g/mol. The summed E-state index contributed by atoms with van der Waals surface area (Å²) < 4.78 is 0. The summed E-state index contributed by atoms with van der Waals surface area (Å²) in [5, 5.41) is 0. The lowest BCUT2D eigenvalue weighted by Gasteiger charge is -2.09. The second kappa shape index (κ2) is 3.99. The first kappa shape index (κ1) is 9.50. The van der Waals surface area contributed by atoms with Crippen molar-refractivity contribution in [1.29, 1.82) is 0 Å². The average molecular weight is 191 g/mol. The van der Waals surface area contributed by atoms with E-state index >= 15 is 0 Å². The molecule has 0 aromatic carbocycles. The molecule has 1 aliphatic carbocycles. The normalized spacial score (nSPS) is 16.1. The molecule has 0 amide bonds. The Bertz CT molecular complexity index is 378. The molecule has 14 heavy (non-hydrogen) atoms. The van der Waals surface area contributed by atoms with Crippen LogP contribution in [0.4, 0.5) is 0 Å². The third kappa shape index (κ3) is 1.74. The van der Waals surface area contributed by atoms with E-state index in [1.54, 1.807) is 6.07 Å². The maximum absolute atomic E-state index is 11.4. The van der Waals surface area contributed by atoms with Crippen molar-refractivity contribution < 1.29 is 0 Å². The van der Waals surface area contributed by atoms with Gasteiger partial charge in [-0.15, -0.1) is 0 Å². The summed E-state index contributed by atoms with van der Waals surface area (Å²) in [6.07, 6.45) is 6.98. The van der Waals surface area contributed by atoms with E-state index in [-0.39, 0.29) is 5.56 Å². The van der Waals surface area contributed by atoms with Crippen molar-refractivity contribution in [2.45, 2.75) is 45.4 Å². The summed E-state index contributed by atoms with van der Waals surface area (Å²) in [6, 6.07) is 1.79. The highest BCUT2D eigenvalue weighted by molar-refractivity contribution is 5.31. The number of nitrogens with one attached hydrogen (secondary N) is 1. The second-order valence-electron chi connectivity index (χ2n) is 4.03. The number of aryl methyl sites for hydroxylation is 2. The minimum Gasteiger partial charge on any atom is -0.326 e. The molecule has 0 unspecified atom stereocenters. The summed E-state index contributed by atoms with van der Waals surface area (Å²) in [5.74, 6) is 0. The highest BCUT2D eigenvalue weighted by Gasteiger charge is 2.12. The number of aromatic amines is 1. The molecule has 0 saturated heterocycles. The minimum atomic E-state index is 0.0718. The summed E-state index contributed by atoms with van der Waals surface area (Å²) >= 11 is 0. The topological polar surface area (TPSA) is 32.9 Å². The van der Waals surface area contributed by atoms with Crippen molar-refractivity contribution in [2.24, 2.45) is 0 Å². The van der Waals surface area contributed by atoms with Gasteiger partial charge in [0.2, 0.25) is 5.56 Å². The fourth-order valence-electron chi connectivity index (χ4n) is 2.33. The first-order valence-corrected chi connectivity index (χ1v) is 5.55. The number of aromatic nitrogens is 1. The van der Waals surface area contributed by atoms with Gasteiger partial charge in [-0.3, -0.25) is 4.79 Å². The summed E-state index contributed by atoms with van der Waals surface area (Å²) in [6.45, 7) is 2.11. The van der Waals surface area contributed by atoms with Crippen molar-refractivity contribution in [3.63, 3.8) is 0 Å². The van der Waals surface area contributed by atoms with Crippen molar-refractivity contribution >= 4 is 0 Å². The largest absolute Gasteiger partial charge is 0.326 e. The molecule has 1 aliphatic rings. The average Bonchev–Trinajstić information content (AvgIpc) is 2.41. The van der Waals surface area contributed by atoms with Crippen LogP contribution in [0, 0.1) is 0 Å². The van der Waals surface area contributed by atoms with Gasteiger partial charge in [0, 0.05) is 11.8 Å². The van der Waals surface area contributed by atoms with Crippen LogP contribution in [0.25, 0.3) is 0 Å². The van der Waals surface area contributed by atoms with E-state index in [0.29, 0.717) is 0 Å². The first-order valence-electron chi connectivity index (χ1n) is 5.55. The Morgan fingerprint density at radius 1 is 1.29 bits per heavy atom. The summed E-state index contributed by atoms with van der Waals surface area (Å²) in [5.41, 5.74) is 3.95. The molecular weight excluding hydrogens is 174 g/mol. The molecule has 76 valence electrons. The predicted molar refractivity (Wildman–Crippen MR) is 57.7 cm³/mol. The highest BCUT2D eigenvalue weighted by atomic mass is 16.1. The van der Waals surface area contributed by atoms with Crippen molar-refractivity contribution in [1.82, 2.24) is 4.98 Å². The zero-order valence-electron chi connectivity index (χ0n) is 8.73. The van der Waals surface area contributed by atoms with Crippen LogP contribution in [0.15, 0.2) is 10.9 Å². The number of H-pyrrole nitrogens is 1. The Hall–Kier alpha value is -1.05. The maximum Gasteiger partial charge on any atom is 0.248 e. The Labute approximate surface area is 84.4 Å². The molecule has 2 rings (SSSR count). The third-order valence-corrected chi connectivity index (χ3v) is 3.06. The molecule has 0 aliphatic heterocycles. The maximum atomic E-state index is 11.4. The van der Waals surface area contributed by atoms with E-state index in [9.17, 15) is 4.79 Å². The summed E-state index contributed by atoms with van der Waals surface area (Å²) in [7, 11) is 0. The molecule has 1 aromatic heterocycles. The number of hydrogen-bond donors (Lipinski definition) is 1. The minimum absolute atomic E-state index is 0.0718.